The Bertz CT molecular complexity index is 783. The highest BCUT2D eigenvalue weighted by atomic mass is 35.5. The predicted octanol–water partition coefficient (Wildman–Crippen LogP) is 4.07. The quantitative estimate of drug-likeness (QED) is 0.843. The largest absolute Gasteiger partial charge is 0.224 e. The summed E-state index contributed by atoms with van der Waals surface area (Å²) in [5.41, 5.74) is 0.670. The first-order valence-electron chi connectivity index (χ1n) is 6.06. The van der Waals surface area contributed by atoms with Crippen LogP contribution in [0, 0.1) is 11.3 Å². The molecule has 6 heteroatoms. The Morgan fingerprint density at radius 2 is 1.71 bits per heavy atom. The molecule has 0 N–H and O–H groups in total. The van der Waals surface area contributed by atoms with Crippen LogP contribution in [0.3, 0.4) is 0 Å². The molecule has 21 heavy (non-hydrogen) atoms. The van der Waals surface area contributed by atoms with E-state index >= 15 is 0 Å². The highest BCUT2D eigenvalue weighted by Crippen LogP contribution is 2.27. The molecule has 1 atom stereocenters. The fraction of sp³-hybridized carbons (Fsp3) is 0.133. The van der Waals surface area contributed by atoms with Crippen LogP contribution in [-0.2, 0) is 9.84 Å². The summed E-state index contributed by atoms with van der Waals surface area (Å²) in [7, 11) is -3.62. The van der Waals surface area contributed by atoms with Crippen LogP contribution in [0.1, 0.15) is 11.5 Å². The van der Waals surface area contributed by atoms with Crippen LogP contribution in [-0.4, -0.2) is 14.2 Å². The van der Waals surface area contributed by atoms with Gasteiger partial charge in [-0.15, -0.1) is 0 Å². The lowest BCUT2D eigenvalue weighted by Gasteiger charge is -2.11. The number of nitrogens with zero attached hydrogens (tertiary/aromatic N) is 1. The van der Waals surface area contributed by atoms with Crippen molar-refractivity contribution in [1.82, 2.24) is 0 Å². The minimum Gasteiger partial charge on any atom is -0.224 e. The van der Waals surface area contributed by atoms with Crippen molar-refractivity contribution in [2.75, 3.05) is 5.75 Å². The maximum absolute atomic E-state index is 12.4. The standard InChI is InChI=1S/C15H11Cl2NO2S/c16-14-7-6-13(8-15(14)17)21(19,20)10-12(9-18)11-4-2-1-3-5-11/h1-8,12H,10H2. The summed E-state index contributed by atoms with van der Waals surface area (Å²) in [4.78, 5) is 0.0630. The molecule has 0 aliphatic rings. The maximum Gasteiger partial charge on any atom is 0.180 e. The molecule has 108 valence electrons. The first-order valence-corrected chi connectivity index (χ1v) is 8.47. The van der Waals surface area contributed by atoms with Gasteiger partial charge in [-0.2, -0.15) is 5.26 Å². The van der Waals surface area contributed by atoms with E-state index in [1.54, 1.807) is 24.3 Å². The first kappa shape index (κ1) is 15.8. The Kier molecular flexibility index (Phi) is 4.89. The van der Waals surface area contributed by atoms with Gasteiger partial charge in [-0.3, -0.25) is 0 Å². The third-order valence-corrected chi connectivity index (χ3v) is 5.48. The van der Waals surface area contributed by atoms with Crippen molar-refractivity contribution >= 4 is 33.0 Å². The molecule has 0 heterocycles. The van der Waals surface area contributed by atoms with Gasteiger partial charge in [0.2, 0.25) is 0 Å². The summed E-state index contributed by atoms with van der Waals surface area (Å²) in [5.74, 6) is -1.03. The second kappa shape index (κ2) is 6.48. The van der Waals surface area contributed by atoms with Crippen molar-refractivity contribution in [3.05, 3.63) is 64.1 Å². The molecule has 2 aromatic rings. The SMILES string of the molecule is N#CC(CS(=O)(=O)c1ccc(Cl)c(Cl)c1)c1ccccc1. The summed E-state index contributed by atoms with van der Waals surface area (Å²) >= 11 is 11.6. The van der Waals surface area contributed by atoms with Crippen molar-refractivity contribution in [2.45, 2.75) is 10.8 Å². The van der Waals surface area contributed by atoms with E-state index in [-0.39, 0.29) is 20.7 Å². The lowest BCUT2D eigenvalue weighted by molar-refractivity contribution is 0.593. The van der Waals surface area contributed by atoms with Crippen molar-refractivity contribution in [3.63, 3.8) is 0 Å². The van der Waals surface area contributed by atoms with Gasteiger partial charge in [0, 0.05) is 0 Å². The molecule has 0 spiro atoms. The van der Waals surface area contributed by atoms with E-state index in [0.29, 0.717) is 5.56 Å². The van der Waals surface area contributed by atoms with E-state index in [4.69, 9.17) is 23.2 Å². The van der Waals surface area contributed by atoms with Crippen LogP contribution in [0.4, 0.5) is 0 Å². The van der Waals surface area contributed by atoms with E-state index in [9.17, 15) is 13.7 Å². The van der Waals surface area contributed by atoms with Gasteiger partial charge in [0.1, 0.15) is 0 Å². The maximum atomic E-state index is 12.4. The summed E-state index contributed by atoms with van der Waals surface area (Å²) < 4.78 is 24.8. The third-order valence-electron chi connectivity index (χ3n) is 2.99. The lowest BCUT2D eigenvalue weighted by atomic mass is 10.0. The van der Waals surface area contributed by atoms with Gasteiger partial charge in [-0.25, -0.2) is 8.42 Å². The fourth-order valence-electron chi connectivity index (χ4n) is 1.88. The van der Waals surface area contributed by atoms with Gasteiger partial charge in [0.05, 0.1) is 32.7 Å². The number of rotatable bonds is 4. The summed E-state index contributed by atoms with van der Waals surface area (Å²) in [6.07, 6.45) is 0. The Morgan fingerprint density at radius 3 is 2.29 bits per heavy atom. The Morgan fingerprint density at radius 1 is 1.05 bits per heavy atom. The van der Waals surface area contributed by atoms with Crippen LogP contribution in [0.25, 0.3) is 0 Å². The zero-order chi connectivity index (χ0) is 15.5. The van der Waals surface area contributed by atoms with Crippen LogP contribution < -0.4 is 0 Å². The van der Waals surface area contributed by atoms with Crippen LogP contribution in [0.2, 0.25) is 10.0 Å². The normalized spacial score (nSPS) is 12.6. The van der Waals surface area contributed by atoms with Crippen LogP contribution in [0.15, 0.2) is 53.4 Å². The zero-order valence-electron chi connectivity index (χ0n) is 10.8. The second-order valence-corrected chi connectivity index (χ2v) is 7.30. The highest BCUT2D eigenvalue weighted by Gasteiger charge is 2.23. The Labute approximate surface area is 133 Å². The van der Waals surface area contributed by atoms with E-state index in [2.05, 4.69) is 0 Å². The second-order valence-electron chi connectivity index (χ2n) is 4.45. The molecule has 0 aromatic heterocycles. The molecule has 0 aliphatic carbocycles. The first-order chi connectivity index (χ1) is 9.94. The molecule has 2 rings (SSSR count). The van der Waals surface area contributed by atoms with Crippen molar-refractivity contribution in [3.8, 4) is 6.07 Å². The highest BCUT2D eigenvalue weighted by molar-refractivity contribution is 7.91. The van der Waals surface area contributed by atoms with Crippen LogP contribution >= 0.6 is 23.2 Å². The summed E-state index contributed by atoms with van der Waals surface area (Å²) in [6, 6.07) is 15.0. The number of hydrogen-bond donors (Lipinski definition) is 0. The van der Waals surface area contributed by atoms with Crippen LogP contribution in [0.5, 0.6) is 0 Å². The minimum atomic E-state index is -3.62. The molecule has 0 bridgehead atoms. The van der Waals surface area contributed by atoms with Gasteiger partial charge in [0.25, 0.3) is 0 Å². The zero-order valence-corrected chi connectivity index (χ0v) is 13.2. The van der Waals surface area contributed by atoms with E-state index in [1.165, 1.54) is 18.2 Å². The van der Waals surface area contributed by atoms with Crippen molar-refractivity contribution in [1.29, 1.82) is 5.26 Å². The molecule has 0 amide bonds. The molecule has 0 aliphatic heterocycles. The van der Waals surface area contributed by atoms with Crippen molar-refractivity contribution < 1.29 is 8.42 Å². The van der Waals surface area contributed by atoms with Gasteiger partial charge in [-0.1, -0.05) is 53.5 Å². The monoisotopic (exact) mass is 339 g/mol. The molecule has 0 fully saturated rings. The van der Waals surface area contributed by atoms with E-state index in [0.717, 1.165) is 0 Å². The molecule has 1 unspecified atom stereocenters. The molecule has 3 nitrogen and oxygen atoms in total. The minimum absolute atomic E-state index is 0.0630. The lowest BCUT2D eigenvalue weighted by Crippen LogP contribution is -2.14. The number of nitriles is 1. The predicted molar refractivity (Wildman–Crippen MR) is 83.3 cm³/mol. The Balaban J connectivity index is 2.32. The summed E-state index contributed by atoms with van der Waals surface area (Å²) in [6.45, 7) is 0. The molecule has 0 saturated heterocycles. The van der Waals surface area contributed by atoms with E-state index in [1.807, 2.05) is 12.1 Å². The van der Waals surface area contributed by atoms with Crippen molar-refractivity contribution in [2.24, 2.45) is 0 Å². The fourth-order valence-corrected chi connectivity index (χ4v) is 3.71. The average Bonchev–Trinajstić information content (AvgIpc) is 2.48. The number of sulfone groups is 1. The number of benzene rings is 2. The van der Waals surface area contributed by atoms with Gasteiger partial charge in [-0.05, 0) is 23.8 Å². The molecule has 0 radical (unpaired) electrons. The van der Waals surface area contributed by atoms with Gasteiger partial charge < -0.3 is 0 Å². The van der Waals surface area contributed by atoms with E-state index < -0.39 is 15.8 Å². The summed E-state index contributed by atoms with van der Waals surface area (Å²) in [5, 5.41) is 9.69. The smallest absolute Gasteiger partial charge is 0.180 e. The molecular weight excluding hydrogens is 329 g/mol. The number of halogens is 2. The third kappa shape index (κ3) is 3.76. The average molecular weight is 340 g/mol. The molecule has 0 saturated carbocycles. The molecular formula is C15H11Cl2NO2S. The molecule has 2 aromatic carbocycles. The topological polar surface area (TPSA) is 57.9 Å². The van der Waals surface area contributed by atoms with Gasteiger partial charge >= 0.3 is 0 Å². The Hall–Kier alpha value is -1.54. The number of hydrogen-bond acceptors (Lipinski definition) is 3. The van der Waals surface area contributed by atoms with Gasteiger partial charge in [0.15, 0.2) is 9.84 Å².